The van der Waals surface area contributed by atoms with Gasteiger partial charge in [0.15, 0.2) is 0 Å². The maximum Gasteiger partial charge on any atom is 0.322 e. The number of hydrogen-bond donors (Lipinski definition) is 1. The number of rotatable bonds is 5. The number of carbonyl (C=O) groups excluding carboxylic acids is 2. The minimum atomic E-state index is -0.254. The number of nitrogens with one attached hydrogen (secondary N) is 1. The normalized spacial score (nSPS) is 13.4. The SMILES string of the molecule is COc1ccc(Cl)cc1NC(=O)N1CCN(C(=O)c2ccc(N(C)c3ccncc3)cc2)CC1. The molecule has 1 aliphatic heterocycles. The third kappa shape index (κ3) is 5.23. The summed E-state index contributed by atoms with van der Waals surface area (Å²) in [5.41, 5.74) is 3.11. The third-order valence-electron chi connectivity index (χ3n) is 5.81. The number of pyridine rings is 1. The second-order valence-electron chi connectivity index (χ2n) is 7.87. The summed E-state index contributed by atoms with van der Waals surface area (Å²) < 4.78 is 5.28. The van der Waals surface area contributed by atoms with E-state index in [-0.39, 0.29) is 11.9 Å². The molecule has 2 heterocycles. The van der Waals surface area contributed by atoms with E-state index in [1.807, 2.05) is 48.3 Å². The number of halogens is 1. The van der Waals surface area contributed by atoms with Gasteiger partial charge in [-0.05, 0) is 54.6 Å². The summed E-state index contributed by atoms with van der Waals surface area (Å²) in [6.07, 6.45) is 3.49. The molecule has 3 amide bonds. The van der Waals surface area contributed by atoms with Crippen molar-refractivity contribution in [3.05, 3.63) is 77.6 Å². The van der Waals surface area contributed by atoms with Crippen LogP contribution >= 0.6 is 11.6 Å². The van der Waals surface area contributed by atoms with Gasteiger partial charge >= 0.3 is 6.03 Å². The fraction of sp³-hybridized carbons (Fsp3) is 0.240. The molecule has 4 rings (SSSR count). The molecule has 1 saturated heterocycles. The standard InChI is InChI=1S/C25H26ClN5O3/c1-29(21-9-11-27-12-10-21)20-6-3-18(4-7-20)24(32)30-13-15-31(16-14-30)25(33)28-22-17-19(26)5-8-23(22)34-2/h3-12,17H,13-16H2,1-2H3,(H,28,33). The zero-order valence-electron chi connectivity index (χ0n) is 19.1. The van der Waals surface area contributed by atoms with Gasteiger partial charge in [0, 0.05) is 67.6 Å². The van der Waals surface area contributed by atoms with Crippen LogP contribution < -0.4 is 15.0 Å². The average Bonchev–Trinajstić information content (AvgIpc) is 2.88. The van der Waals surface area contributed by atoms with Crippen molar-refractivity contribution in [3.8, 4) is 5.75 Å². The van der Waals surface area contributed by atoms with Crippen molar-refractivity contribution in [2.75, 3.05) is 50.6 Å². The summed E-state index contributed by atoms with van der Waals surface area (Å²) in [4.78, 5) is 35.2. The molecule has 2 aromatic carbocycles. The molecule has 1 aliphatic rings. The number of urea groups is 1. The largest absolute Gasteiger partial charge is 0.495 e. The number of benzene rings is 2. The summed E-state index contributed by atoms with van der Waals surface area (Å²) in [6.45, 7) is 1.78. The predicted octanol–water partition coefficient (Wildman–Crippen LogP) is 4.50. The number of nitrogens with zero attached hydrogens (tertiary/aromatic N) is 4. The molecule has 9 heteroatoms. The number of methoxy groups -OCH3 is 1. The number of amides is 3. The van der Waals surface area contributed by atoms with Gasteiger partial charge in [0.1, 0.15) is 5.75 Å². The lowest BCUT2D eigenvalue weighted by atomic mass is 10.1. The van der Waals surface area contributed by atoms with E-state index in [4.69, 9.17) is 16.3 Å². The van der Waals surface area contributed by atoms with E-state index in [1.54, 1.807) is 40.4 Å². The molecule has 0 bridgehead atoms. The molecule has 1 aromatic heterocycles. The fourth-order valence-corrected chi connectivity index (χ4v) is 3.98. The van der Waals surface area contributed by atoms with Crippen LogP contribution in [0, 0.1) is 0 Å². The van der Waals surface area contributed by atoms with Gasteiger partial charge in [0.05, 0.1) is 12.8 Å². The zero-order valence-corrected chi connectivity index (χ0v) is 19.8. The molecule has 0 atom stereocenters. The van der Waals surface area contributed by atoms with Crippen molar-refractivity contribution in [2.24, 2.45) is 0 Å². The van der Waals surface area contributed by atoms with Crippen LogP contribution in [0.5, 0.6) is 5.75 Å². The number of hydrogen-bond acceptors (Lipinski definition) is 5. The number of anilines is 3. The Balaban J connectivity index is 1.34. The highest BCUT2D eigenvalue weighted by Crippen LogP contribution is 2.28. The average molecular weight is 480 g/mol. The fourth-order valence-electron chi connectivity index (χ4n) is 3.81. The minimum absolute atomic E-state index is 0.0466. The summed E-state index contributed by atoms with van der Waals surface area (Å²) >= 11 is 6.04. The van der Waals surface area contributed by atoms with Crippen LogP contribution in [0.4, 0.5) is 21.9 Å². The van der Waals surface area contributed by atoms with Crippen LogP contribution in [0.3, 0.4) is 0 Å². The second kappa shape index (κ2) is 10.4. The summed E-state index contributed by atoms with van der Waals surface area (Å²) in [5, 5.41) is 3.35. The molecular formula is C25H26ClN5O3. The van der Waals surface area contributed by atoms with Gasteiger partial charge in [0.25, 0.3) is 5.91 Å². The molecule has 0 spiro atoms. The van der Waals surface area contributed by atoms with Crippen LogP contribution in [0.15, 0.2) is 67.0 Å². The van der Waals surface area contributed by atoms with Gasteiger partial charge in [-0.25, -0.2) is 4.79 Å². The first-order valence-electron chi connectivity index (χ1n) is 10.9. The Kier molecular flexibility index (Phi) is 7.18. The first kappa shape index (κ1) is 23.4. The Hall–Kier alpha value is -3.78. The second-order valence-corrected chi connectivity index (χ2v) is 8.30. The van der Waals surface area contributed by atoms with Crippen molar-refractivity contribution in [1.29, 1.82) is 0 Å². The van der Waals surface area contributed by atoms with Crippen LogP contribution in [0.2, 0.25) is 5.02 Å². The van der Waals surface area contributed by atoms with Crippen LogP contribution in [-0.4, -0.2) is 67.1 Å². The lowest BCUT2D eigenvalue weighted by Crippen LogP contribution is -2.51. The van der Waals surface area contributed by atoms with E-state index in [2.05, 4.69) is 10.3 Å². The molecule has 1 fully saturated rings. The van der Waals surface area contributed by atoms with E-state index in [1.165, 1.54) is 7.11 Å². The summed E-state index contributed by atoms with van der Waals surface area (Å²) in [6, 6.07) is 16.2. The molecule has 176 valence electrons. The zero-order chi connectivity index (χ0) is 24.1. The lowest BCUT2D eigenvalue weighted by Gasteiger charge is -2.35. The van der Waals surface area contributed by atoms with Gasteiger partial charge in [-0.1, -0.05) is 11.6 Å². The predicted molar refractivity (Wildman–Crippen MR) is 133 cm³/mol. The molecule has 0 saturated carbocycles. The van der Waals surface area contributed by atoms with Crippen LogP contribution in [-0.2, 0) is 0 Å². The highest BCUT2D eigenvalue weighted by Gasteiger charge is 2.25. The quantitative estimate of drug-likeness (QED) is 0.583. The Morgan fingerprint density at radius 1 is 0.941 bits per heavy atom. The molecular weight excluding hydrogens is 454 g/mol. The number of carbonyl (C=O) groups is 2. The highest BCUT2D eigenvalue weighted by molar-refractivity contribution is 6.31. The van der Waals surface area contributed by atoms with Crippen molar-refractivity contribution in [1.82, 2.24) is 14.8 Å². The lowest BCUT2D eigenvalue weighted by molar-refractivity contribution is 0.0671. The van der Waals surface area contributed by atoms with Gasteiger partial charge in [-0.2, -0.15) is 0 Å². The Morgan fingerprint density at radius 2 is 1.56 bits per heavy atom. The third-order valence-corrected chi connectivity index (χ3v) is 6.04. The van der Waals surface area contributed by atoms with Gasteiger partial charge < -0.3 is 24.8 Å². The molecule has 1 N–H and O–H groups in total. The Labute approximate surface area is 203 Å². The highest BCUT2D eigenvalue weighted by atomic mass is 35.5. The Morgan fingerprint density at radius 3 is 2.21 bits per heavy atom. The van der Waals surface area contributed by atoms with E-state index < -0.39 is 0 Å². The van der Waals surface area contributed by atoms with Crippen molar-refractivity contribution in [2.45, 2.75) is 0 Å². The van der Waals surface area contributed by atoms with Crippen LogP contribution in [0.1, 0.15) is 10.4 Å². The van der Waals surface area contributed by atoms with Crippen molar-refractivity contribution < 1.29 is 14.3 Å². The van der Waals surface area contributed by atoms with Gasteiger partial charge in [0.2, 0.25) is 0 Å². The summed E-state index contributed by atoms with van der Waals surface area (Å²) in [5.74, 6) is 0.485. The van der Waals surface area contributed by atoms with Gasteiger partial charge in [-0.15, -0.1) is 0 Å². The van der Waals surface area contributed by atoms with Gasteiger partial charge in [-0.3, -0.25) is 9.78 Å². The number of aromatic nitrogens is 1. The molecule has 8 nitrogen and oxygen atoms in total. The monoisotopic (exact) mass is 479 g/mol. The number of ether oxygens (including phenoxy) is 1. The molecule has 3 aromatic rings. The maximum atomic E-state index is 13.0. The van der Waals surface area contributed by atoms with Crippen molar-refractivity contribution >= 4 is 40.6 Å². The number of piperazine rings is 1. The smallest absolute Gasteiger partial charge is 0.322 e. The molecule has 0 radical (unpaired) electrons. The van der Waals surface area contributed by atoms with E-state index in [9.17, 15) is 9.59 Å². The minimum Gasteiger partial charge on any atom is -0.495 e. The first-order valence-corrected chi connectivity index (χ1v) is 11.3. The maximum absolute atomic E-state index is 13.0. The Bertz CT molecular complexity index is 1150. The topological polar surface area (TPSA) is 78.0 Å². The molecule has 0 aliphatic carbocycles. The van der Waals surface area contributed by atoms with E-state index >= 15 is 0 Å². The summed E-state index contributed by atoms with van der Waals surface area (Å²) in [7, 11) is 3.50. The van der Waals surface area contributed by atoms with E-state index in [0.29, 0.717) is 48.2 Å². The van der Waals surface area contributed by atoms with Crippen LogP contribution in [0.25, 0.3) is 0 Å². The molecule has 34 heavy (non-hydrogen) atoms. The van der Waals surface area contributed by atoms with Crippen molar-refractivity contribution in [3.63, 3.8) is 0 Å². The first-order chi connectivity index (χ1) is 16.5. The molecule has 0 unspecified atom stereocenters. The van der Waals surface area contributed by atoms with E-state index in [0.717, 1.165) is 11.4 Å².